The minimum atomic E-state index is -2.78. The molecule has 5 heteroatoms. The van der Waals surface area contributed by atoms with Crippen LogP contribution in [0.1, 0.15) is 23.4 Å². The molecule has 0 aliphatic carbocycles. The van der Waals surface area contributed by atoms with Gasteiger partial charge >= 0.3 is 0 Å². The van der Waals surface area contributed by atoms with Gasteiger partial charge in [-0.05, 0) is 31.9 Å². The van der Waals surface area contributed by atoms with Crippen LogP contribution in [-0.4, -0.2) is 30.5 Å². The lowest BCUT2D eigenvalue weighted by molar-refractivity contribution is 0.552. The molecule has 1 N–H and O–H groups in total. The molecule has 1 atom stereocenters. The lowest BCUT2D eigenvalue weighted by Gasteiger charge is -2.10. The first-order chi connectivity index (χ1) is 7.89. The quantitative estimate of drug-likeness (QED) is 0.875. The summed E-state index contributed by atoms with van der Waals surface area (Å²) >= 11 is 0. The van der Waals surface area contributed by atoms with Gasteiger partial charge in [0, 0.05) is 31.0 Å². The Morgan fingerprint density at radius 1 is 1.47 bits per heavy atom. The predicted molar refractivity (Wildman–Crippen MR) is 68.8 cm³/mol. The van der Waals surface area contributed by atoms with Gasteiger partial charge in [0.15, 0.2) is 9.84 Å². The van der Waals surface area contributed by atoms with Gasteiger partial charge in [-0.15, -0.1) is 0 Å². The molecule has 0 saturated carbocycles. The Hall–Kier alpha value is -0.810. The van der Waals surface area contributed by atoms with Gasteiger partial charge in [0.1, 0.15) is 0 Å². The maximum Gasteiger partial charge on any atom is 0.151 e. The van der Waals surface area contributed by atoms with Crippen LogP contribution in [0.15, 0.2) is 6.07 Å². The Morgan fingerprint density at radius 2 is 2.18 bits per heavy atom. The van der Waals surface area contributed by atoms with Crippen LogP contribution in [0.5, 0.6) is 0 Å². The average Bonchev–Trinajstić information content (AvgIpc) is 2.71. The predicted octanol–water partition coefficient (Wildman–Crippen LogP) is 0.919. The Bertz CT molecular complexity index is 517. The molecule has 0 amide bonds. The Morgan fingerprint density at radius 3 is 2.65 bits per heavy atom. The van der Waals surface area contributed by atoms with Crippen LogP contribution in [-0.2, 0) is 23.4 Å². The fourth-order valence-corrected chi connectivity index (χ4v) is 4.03. The van der Waals surface area contributed by atoms with Crippen molar-refractivity contribution in [3.63, 3.8) is 0 Å². The topological polar surface area (TPSA) is 51.1 Å². The van der Waals surface area contributed by atoms with Gasteiger partial charge in [0.25, 0.3) is 0 Å². The highest BCUT2D eigenvalue weighted by Gasteiger charge is 2.27. The van der Waals surface area contributed by atoms with Crippen molar-refractivity contribution >= 4 is 9.84 Å². The summed E-state index contributed by atoms with van der Waals surface area (Å²) in [6.45, 7) is 4.93. The molecular formula is C12H20N2O2S. The molecule has 4 nitrogen and oxygen atoms in total. The first kappa shape index (κ1) is 12.6. The van der Waals surface area contributed by atoms with Gasteiger partial charge in [-0.25, -0.2) is 8.42 Å². The van der Waals surface area contributed by atoms with Gasteiger partial charge in [0.2, 0.25) is 0 Å². The summed E-state index contributed by atoms with van der Waals surface area (Å²) in [5.74, 6) is 0.620. The lowest BCUT2D eigenvalue weighted by atomic mass is 10.2. The Labute approximate surface area is 103 Å². The van der Waals surface area contributed by atoms with Crippen LogP contribution in [0, 0.1) is 13.8 Å². The van der Waals surface area contributed by atoms with E-state index in [2.05, 4.69) is 29.8 Å². The van der Waals surface area contributed by atoms with Gasteiger partial charge in [0.05, 0.1) is 11.5 Å². The smallest absolute Gasteiger partial charge is 0.151 e. The minimum absolute atomic E-state index is 0.125. The van der Waals surface area contributed by atoms with Crippen LogP contribution in [0.2, 0.25) is 0 Å². The van der Waals surface area contributed by atoms with Crippen LogP contribution in [0.3, 0.4) is 0 Å². The number of rotatable bonds is 3. The summed E-state index contributed by atoms with van der Waals surface area (Å²) in [5, 5.41) is 3.34. The summed E-state index contributed by atoms with van der Waals surface area (Å²) in [4.78, 5) is 0. The number of aryl methyl sites for hydroxylation is 1. The fraction of sp³-hybridized carbons (Fsp3) is 0.667. The fourth-order valence-electron chi connectivity index (χ4n) is 2.32. The van der Waals surface area contributed by atoms with E-state index in [1.165, 1.54) is 17.0 Å². The lowest BCUT2D eigenvalue weighted by Crippen LogP contribution is -2.29. The highest BCUT2D eigenvalue weighted by atomic mass is 32.2. The molecule has 0 aromatic carbocycles. The van der Waals surface area contributed by atoms with E-state index in [-0.39, 0.29) is 11.8 Å². The highest BCUT2D eigenvalue weighted by Crippen LogP contribution is 2.15. The molecule has 0 bridgehead atoms. The Kier molecular flexibility index (Phi) is 3.32. The summed E-state index contributed by atoms with van der Waals surface area (Å²) in [5.41, 5.74) is 3.74. The summed E-state index contributed by atoms with van der Waals surface area (Å²) in [6, 6.07) is 2.28. The van der Waals surface area contributed by atoms with Crippen LogP contribution >= 0.6 is 0 Å². The van der Waals surface area contributed by atoms with Crippen molar-refractivity contribution in [2.45, 2.75) is 32.9 Å². The molecule has 2 heterocycles. The number of sulfone groups is 1. The van der Waals surface area contributed by atoms with Crippen LogP contribution in [0.25, 0.3) is 0 Å². The largest absolute Gasteiger partial charge is 0.352 e. The first-order valence-electron chi connectivity index (χ1n) is 5.94. The van der Waals surface area contributed by atoms with Crippen molar-refractivity contribution in [1.82, 2.24) is 9.88 Å². The third kappa shape index (κ3) is 2.72. The van der Waals surface area contributed by atoms with E-state index in [0.717, 1.165) is 13.0 Å². The van der Waals surface area contributed by atoms with Crippen molar-refractivity contribution in [2.24, 2.45) is 7.05 Å². The number of hydrogen-bond acceptors (Lipinski definition) is 3. The van der Waals surface area contributed by atoms with E-state index in [4.69, 9.17) is 0 Å². The zero-order valence-corrected chi connectivity index (χ0v) is 11.5. The Balaban J connectivity index is 1.97. The maximum absolute atomic E-state index is 11.3. The van der Waals surface area contributed by atoms with E-state index in [1.54, 1.807) is 0 Å². The SMILES string of the molecule is Cc1cc(CNC2CCS(=O)(=O)C2)c(C)n1C. The molecule has 1 unspecified atom stereocenters. The molecule has 17 heavy (non-hydrogen) atoms. The van der Waals surface area contributed by atoms with Crippen molar-refractivity contribution in [3.8, 4) is 0 Å². The molecule has 1 aromatic heterocycles. The van der Waals surface area contributed by atoms with Crippen LogP contribution in [0.4, 0.5) is 0 Å². The number of nitrogens with zero attached hydrogens (tertiary/aromatic N) is 1. The van der Waals surface area contributed by atoms with E-state index >= 15 is 0 Å². The van der Waals surface area contributed by atoms with Gasteiger partial charge in [-0.3, -0.25) is 0 Å². The zero-order chi connectivity index (χ0) is 12.6. The maximum atomic E-state index is 11.3. The summed E-state index contributed by atoms with van der Waals surface area (Å²) < 4.78 is 24.8. The monoisotopic (exact) mass is 256 g/mol. The van der Waals surface area contributed by atoms with Crippen molar-refractivity contribution in [2.75, 3.05) is 11.5 Å². The summed E-state index contributed by atoms with van der Waals surface area (Å²) in [7, 11) is -0.731. The zero-order valence-electron chi connectivity index (χ0n) is 10.7. The molecule has 0 radical (unpaired) electrons. The average molecular weight is 256 g/mol. The highest BCUT2D eigenvalue weighted by molar-refractivity contribution is 7.91. The van der Waals surface area contributed by atoms with Gasteiger partial charge < -0.3 is 9.88 Å². The number of aromatic nitrogens is 1. The molecule has 2 rings (SSSR count). The number of hydrogen-bond donors (Lipinski definition) is 1. The molecule has 1 saturated heterocycles. The molecule has 1 fully saturated rings. The van der Waals surface area contributed by atoms with Gasteiger partial charge in [-0.2, -0.15) is 0 Å². The second-order valence-electron chi connectivity index (χ2n) is 4.94. The van der Waals surface area contributed by atoms with E-state index in [0.29, 0.717) is 5.75 Å². The van der Waals surface area contributed by atoms with Crippen molar-refractivity contribution in [3.05, 3.63) is 23.0 Å². The second-order valence-corrected chi connectivity index (χ2v) is 7.16. The summed E-state index contributed by atoms with van der Waals surface area (Å²) in [6.07, 6.45) is 0.743. The molecular weight excluding hydrogens is 236 g/mol. The van der Waals surface area contributed by atoms with Crippen molar-refractivity contribution < 1.29 is 8.42 Å². The molecule has 1 aliphatic heterocycles. The normalized spacial score (nSPS) is 23.1. The molecule has 96 valence electrons. The second kappa shape index (κ2) is 4.46. The van der Waals surface area contributed by atoms with E-state index < -0.39 is 9.84 Å². The molecule has 1 aliphatic rings. The minimum Gasteiger partial charge on any atom is -0.352 e. The third-order valence-electron chi connectivity index (χ3n) is 3.69. The molecule has 1 aromatic rings. The first-order valence-corrected chi connectivity index (χ1v) is 7.77. The molecule has 0 spiro atoms. The van der Waals surface area contributed by atoms with Crippen molar-refractivity contribution in [1.29, 1.82) is 0 Å². The third-order valence-corrected chi connectivity index (χ3v) is 5.46. The number of nitrogens with one attached hydrogen (secondary N) is 1. The van der Waals surface area contributed by atoms with Gasteiger partial charge in [-0.1, -0.05) is 0 Å². The van der Waals surface area contributed by atoms with E-state index in [1.807, 2.05) is 7.05 Å². The standard InChI is InChI=1S/C12H20N2O2S/c1-9-6-11(10(2)14(9)3)7-13-12-4-5-17(15,16)8-12/h6,12-13H,4-5,7-8H2,1-3H3. The van der Waals surface area contributed by atoms with Crippen LogP contribution < -0.4 is 5.32 Å². The van der Waals surface area contributed by atoms with E-state index in [9.17, 15) is 8.42 Å².